The number of nitrogens with two attached hydrogens (primary N) is 1. The summed E-state index contributed by atoms with van der Waals surface area (Å²) in [6.45, 7) is 19.5. The quantitative estimate of drug-likeness (QED) is 0.0744. The minimum absolute atomic E-state index is 0.0675. The highest BCUT2D eigenvalue weighted by atomic mass is 31.2. The summed E-state index contributed by atoms with van der Waals surface area (Å²) in [6, 6.07) is 14.1. The number of hydrogen-bond acceptors (Lipinski definition) is 12. The van der Waals surface area contributed by atoms with E-state index in [1.165, 1.54) is 6.33 Å². The predicted octanol–water partition coefficient (Wildman–Crippen LogP) is 6.74. The number of hydrogen-bond donors (Lipinski definition) is 2. The van der Waals surface area contributed by atoms with Gasteiger partial charge in [0.15, 0.2) is 17.2 Å². The van der Waals surface area contributed by atoms with E-state index in [-0.39, 0.29) is 36.9 Å². The zero-order chi connectivity index (χ0) is 39.1. The molecule has 15 heteroatoms. The number of anilines is 1. The molecule has 2 saturated heterocycles. The Morgan fingerprint density at radius 3 is 2.50 bits per heavy atom. The van der Waals surface area contributed by atoms with E-state index in [4.69, 9.17) is 33.7 Å². The number of carbonyl (C=O) groups excluding carboxylic acids is 1. The van der Waals surface area contributed by atoms with Gasteiger partial charge >= 0.3 is 13.7 Å². The molecule has 6 atom stereocenters. The van der Waals surface area contributed by atoms with Crippen molar-refractivity contribution < 1.29 is 37.4 Å². The molecular formula is C39H53N6O8P. The van der Waals surface area contributed by atoms with Gasteiger partial charge in [0.2, 0.25) is 0 Å². The lowest BCUT2D eigenvalue weighted by atomic mass is 9.83. The number of esters is 1. The predicted molar refractivity (Wildman–Crippen MR) is 207 cm³/mol. The SMILES string of the molecule is C=NC[C@@]1(c2ccc3c(N)ncnn23)O[C@H](COP(=O)(N[C@@H](C)C(=O)OCC(CC)CC)Oc2ccc(C(C)(C)C)c3ccccc23)[C@H]2OC(C)(C)O[C@H]21. The molecule has 292 valence electrons. The number of aliphatic imine (C=N–C) groups is 1. The van der Waals surface area contributed by atoms with Crippen LogP contribution < -0.4 is 15.3 Å². The van der Waals surface area contributed by atoms with Crippen LogP contribution in [0.3, 0.4) is 0 Å². The number of rotatable bonds is 15. The van der Waals surface area contributed by atoms with Gasteiger partial charge in [-0.25, -0.2) is 14.1 Å². The van der Waals surface area contributed by atoms with Crippen LogP contribution in [-0.4, -0.2) is 77.2 Å². The molecule has 3 N–H and O–H groups in total. The summed E-state index contributed by atoms with van der Waals surface area (Å²) >= 11 is 0. The van der Waals surface area contributed by atoms with Gasteiger partial charge in [0.25, 0.3) is 0 Å². The molecule has 4 aromatic rings. The van der Waals surface area contributed by atoms with E-state index in [2.05, 4.69) is 47.7 Å². The average molecular weight is 765 g/mol. The molecule has 0 aliphatic carbocycles. The number of aromatic nitrogens is 3. The monoisotopic (exact) mass is 764 g/mol. The van der Waals surface area contributed by atoms with Crippen LogP contribution in [0.1, 0.15) is 79.5 Å². The molecule has 0 spiro atoms. The van der Waals surface area contributed by atoms with Crippen LogP contribution in [0.5, 0.6) is 5.75 Å². The lowest BCUT2D eigenvalue weighted by Crippen LogP contribution is -2.44. The largest absolute Gasteiger partial charge is 0.464 e. The average Bonchev–Trinajstić information content (AvgIpc) is 3.78. The fourth-order valence-corrected chi connectivity index (χ4v) is 8.86. The van der Waals surface area contributed by atoms with Crippen molar-refractivity contribution in [3.8, 4) is 5.75 Å². The summed E-state index contributed by atoms with van der Waals surface area (Å²) < 4.78 is 54.7. The van der Waals surface area contributed by atoms with Crippen LogP contribution in [0, 0.1) is 5.92 Å². The minimum Gasteiger partial charge on any atom is -0.464 e. The molecule has 0 bridgehead atoms. The first-order valence-corrected chi connectivity index (χ1v) is 20.0. The van der Waals surface area contributed by atoms with Gasteiger partial charge < -0.3 is 29.2 Å². The first-order chi connectivity index (χ1) is 25.5. The van der Waals surface area contributed by atoms with Gasteiger partial charge in [-0.1, -0.05) is 77.8 Å². The molecule has 0 radical (unpaired) electrons. The molecule has 2 aliphatic rings. The van der Waals surface area contributed by atoms with Crippen LogP contribution in [0.25, 0.3) is 16.3 Å². The number of carbonyl (C=O) groups is 1. The Labute approximate surface area is 316 Å². The van der Waals surface area contributed by atoms with Crippen LogP contribution in [-0.2, 0) is 43.8 Å². The lowest BCUT2D eigenvalue weighted by molar-refractivity contribution is -0.213. The van der Waals surface area contributed by atoms with Gasteiger partial charge in [-0.05, 0) is 68.0 Å². The Kier molecular flexibility index (Phi) is 11.3. The zero-order valence-electron chi connectivity index (χ0n) is 32.4. The Balaban J connectivity index is 1.35. The number of nitrogen functional groups attached to an aromatic ring is 1. The van der Waals surface area contributed by atoms with Crippen LogP contribution in [0.2, 0.25) is 0 Å². The van der Waals surface area contributed by atoms with Gasteiger partial charge in [-0.3, -0.25) is 14.3 Å². The van der Waals surface area contributed by atoms with Gasteiger partial charge in [-0.2, -0.15) is 10.2 Å². The summed E-state index contributed by atoms with van der Waals surface area (Å²) in [4.78, 5) is 21.6. The number of fused-ring (bicyclic) bond motifs is 3. The zero-order valence-corrected chi connectivity index (χ0v) is 33.3. The first-order valence-electron chi connectivity index (χ1n) is 18.5. The van der Waals surface area contributed by atoms with Gasteiger partial charge in [0.1, 0.15) is 41.9 Å². The molecule has 4 heterocycles. The summed E-state index contributed by atoms with van der Waals surface area (Å²) in [6.07, 6.45) is 0.831. The van der Waals surface area contributed by atoms with Crippen molar-refractivity contribution in [2.24, 2.45) is 10.9 Å². The van der Waals surface area contributed by atoms with Crippen LogP contribution in [0.4, 0.5) is 5.82 Å². The van der Waals surface area contributed by atoms with Gasteiger partial charge in [0.05, 0.1) is 25.5 Å². The normalized spacial score (nSPS) is 24.1. The first kappa shape index (κ1) is 39.8. The number of benzene rings is 2. The second kappa shape index (κ2) is 15.3. The number of nitrogens with zero attached hydrogens (tertiary/aromatic N) is 4. The van der Waals surface area contributed by atoms with Crippen molar-refractivity contribution in [3.05, 3.63) is 66.1 Å². The van der Waals surface area contributed by atoms with E-state index in [1.54, 1.807) is 23.6 Å². The van der Waals surface area contributed by atoms with Crippen molar-refractivity contribution >= 4 is 42.5 Å². The van der Waals surface area contributed by atoms with Crippen LogP contribution >= 0.6 is 7.75 Å². The smallest absolute Gasteiger partial charge is 0.459 e. The fourth-order valence-electron chi connectivity index (χ4n) is 7.34. The van der Waals surface area contributed by atoms with Crippen LogP contribution in [0.15, 0.2) is 59.9 Å². The molecule has 54 heavy (non-hydrogen) atoms. The van der Waals surface area contributed by atoms with Gasteiger partial charge in [0, 0.05) is 5.39 Å². The van der Waals surface area contributed by atoms with Crippen molar-refractivity contribution in [1.82, 2.24) is 19.7 Å². The maximum absolute atomic E-state index is 15.0. The van der Waals surface area contributed by atoms with Crippen molar-refractivity contribution in [2.45, 2.75) is 109 Å². The maximum atomic E-state index is 15.0. The molecule has 2 aliphatic heterocycles. The van der Waals surface area contributed by atoms with E-state index in [0.717, 1.165) is 29.2 Å². The number of ether oxygens (including phenoxy) is 4. The maximum Gasteiger partial charge on any atom is 0.459 e. The summed E-state index contributed by atoms with van der Waals surface area (Å²) in [5.74, 6) is -0.767. The summed E-state index contributed by atoms with van der Waals surface area (Å²) in [5.41, 5.74) is 7.01. The molecule has 2 aromatic heterocycles. The highest BCUT2D eigenvalue weighted by molar-refractivity contribution is 7.52. The fraction of sp³-hybridized carbons (Fsp3) is 0.538. The van der Waals surface area contributed by atoms with E-state index >= 15 is 4.57 Å². The Morgan fingerprint density at radius 1 is 1.09 bits per heavy atom. The minimum atomic E-state index is -4.36. The number of nitrogens with one attached hydrogen (secondary N) is 1. The highest BCUT2D eigenvalue weighted by Crippen LogP contribution is 2.53. The standard InChI is InChI=1S/C39H53N6O8P/c1-10-25(11-2)20-48-36(46)24(3)44-54(47,53-30-18-16-28(37(4,5)6)26-14-12-13-15-27(26)30)49-21-31-33-34(52-38(7,8)51-33)39(50-31,22-41-9)32-19-17-29-35(40)42-23-43-45(29)32/h12-19,23-25,31,33-34H,9-11,20-22H2,1-8H3,(H,44,47)(H2,40,42,43)/t24-,31+,33+,34+,39-,54?/m0/s1. The van der Waals surface area contributed by atoms with E-state index in [9.17, 15) is 4.79 Å². The topological polar surface area (TPSA) is 170 Å². The van der Waals surface area contributed by atoms with Gasteiger partial charge in [-0.15, -0.1) is 0 Å². The van der Waals surface area contributed by atoms with E-state index in [1.807, 2.05) is 64.1 Å². The molecule has 14 nitrogen and oxygen atoms in total. The van der Waals surface area contributed by atoms with Crippen molar-refractivity contribution in [2.75, 3.05) is 25.5 Å². The second-order valence-corrected chi connectivity index (χ2v) is 17.3. The third kappa shape index (κ3) is 7.78. The third-order valence-corrected chi connectivity index (χ3v) is 11.8. The second-order valence-electron chi connectivity index (χ2n) is 15.6. The molecule has 2 aromatic carbocycles. The molecule has 0 amide bonds. The Hall–Kier alpha value is -3.91. The summed E-state index contributed by atoms with van der Waals surface area (Å²) in [7, 11) is -4.36. The third-order valence-electron chi connectivity index (χ3n) is 10.2. The Morgan fingerprint density at radius 2 is 1.81 bits per heavy atom. The van der Waals surface area contributed by atoms with Crippen molar-refractivity contribution in [1.29, 1.82) is 0 Å². The molecule has 6 rings (SSSR count). The highest BCUT2D eigenvalue weighted by Gasteiger charge is 2.64. The van der Waals surface area contributed by atoms with Crippen molar-refractivity contribution in [3.63, 3.8) is 0 Å². The Bertz CT molecular complexity index is 2040. The molecule has 1 unspecified atom stereocenters. The van der Waals surface area contributed by atoms with E-state index in [0.29, 0.717) is 17.0 Å². The molecule has 2 fully saturated rings. The van der Waals surface area contributed by atoms with E-state index < -0.39 is 49.5 Å². The molecule has 0 saturated carbocycles. The molecular weight excluding hydrogens is 711 g/mol. The summed E-state index contributed by atoms with van der Waals surface area (Å²) in [5, 5.41) is 8.99. The lowest BCUT2D eigenvalue weighted by Gasteiger charge is -2.33.